The van der Waals surface area contributed by atoms with Crippen molar-refractivity contribution in [1.29, 1.82) is 0 Å². The molecule has 0 bridgehead atoms. The molecule has 0 unspecified atom stereocenters. The fourth-order valence-electron chi connectivity index (χ4n) is 12.0. The number of rotatable bonds is 4. The lowest BCUT2D eigenvalue weighted by Crippen LogP contribution is -2.87. The van der Waals surface area contributed by atoms with Crippen molar-refractivity contribution in [2.45, 2.75) is 44.9 Å². The Bertz CT molecular complexity index is 3290. The smallest absolute Gasteiger partial charge is 0.250 e. The minimum Gasteiger partial charge on any atom is -0.458 e. The molecule has 13 rings (SSSR count). The predicted octanol–water partition coefficient (Wildman–Crippen LogP) is 9.82. The first-order valence-electron chi connectivity index (χ1n) is 22.3. The molecule has 0 saturated carbocycles. The van der Waals surface area contributed by atoms with Crippen LogP contribution < -0.4 is 46.8 Å². The summed E-state index contributed by atoms with van der Waals surface area (Å²) in [6, 6.07) is 67.9. The Kier molecular flexibility index (Phi) is 7.72. The number of hydrogen-bond acceptors (Lipinski definition) is 3. The Labute approximate surface area is 364 Å². The first-order valence-corrected chi connectivity index (χ1v) is 24.3. The number of furan rings is 1. The lowest BCUT2D eigenvalue weighted by atomic mass is 9.35. The molecule has 1 aliphatic carbocycles. The molecule has 0 spiro atoms. The molecule has 5 heteroatoms. The van der Waals surface area contributed by atoms with Crippen LogP contribution in [0.2, 0.25) is 0 Å². The Morgan fingerprint density at radius 2 is 1.31 bits per heavy atom. The Hall–Kier alpha value is -6.82. The third-order valence-corrected chi connectivity index (χ3v) is 19.6. The number of allylic oxidation sites excluding steroid dienone is 2. The van der Waals surface area contributed by atoms with E-state index in [-0.39, 0.29) is 12.1 Å². The van der Waals surface area contributed by atoms with Gasteiger partial charge in [0.2, 0.25) is 0 Å². The topological polar surface area (TPSA) is 25.6 Å². The van der Waals surface area contributed by atoms with Crippen LogP contribution in [0.5, 0.6) is 11.5 Å². The van der Waals surface area contributed by atoms with Crippen LogP contribution in [-0.4, -0.2) is 14.8 Å². The first kappa shape index (κ1) is 35.9. The monoisotopic (exact) mass is 813 g/mol. The molecule has 62 heavy (non-hydrogen) atoms. The van der Waals surface area contributed by atoms with E-state index in [0.29, 0.717) is 0 Å². The second kappa shape index (κ2) is 13.3. The zero-order chi connectivity index (χ0) is 41.2. The Morgan fingerprint density at radius 1 is 0.581 bits per heavy atom. The fraction of sp³-hybridized carbons (Fsp3) is 0.123. The lowest BCUT2D eigenvalue weighted by Gasteiger charge is -2.46. The van der Waals surface area contributed by atoms with E-state index in [1.54, 1.807) is 5.57 Å². The highest BCUT2D eigenvalue weighted by Gasteiger charge is 2.53. The molecular formula is C57H44BNO2Si. The van der Waals surface area contributed by atoms with Crippen molar-refractivity contribution < 1.29 is 9.15 Å². The second-order valence-electron chi connectivity index (χ2n) is 18.1. The van der Waals surface area contributed by atoms with Gasteiger partial charge in [0.05, 0.1) is 0 Å². The highest BCUT2D eigenvalue weighted by atomic mass is 28.3. The molecule has 1 aromatic heterocycles. The quantitative estimate of drug-likeness (QED) is 0.166. The molecule has 4 aliphatic rings. The van der Waals surface area contributed by atoms with Gasteiger partial charge in [0.15, 0.2) is 8.07 Å². The third-order valence-electron chi connectivity index (χ3n) is 14.7. The molecule has 0 atom stereocenters. The molecule has 0 radical (unpaired) electrons. The number of para-hydroxylation sites is 3. The van der Waals surface area contributed by atoms with E-state index in [2.05, 4.69) is 201 Å². The molecule has 4 heterocycles. The van der Waals surface area contributed by atoms with Gasteiger partial charge in [-0.3, -0.25) is 0 Å². The van der Waals surface area contributed by atoms with Gasteiger partial charge >= 0.3 is 0 Å². The maximum Gasteiger partial charge on any atom is 0.250 e. The van der Waals surface area contributed by atoms with Crippen LogP contribution in [0.4, 0.5) is 11.4 Å². The van der Waals surface area contributed by atoms with E-state index < -0.39 is 8.07 Å². The number of nitrogens with zero attached hydrogens (tertiary/aromatic N) is 1. The number of benzene rings is 8. The summed E-state index contributed by atoms with van der Waals surface area (Å²) >= 11 is 0. The van der Waals surface area contributed by atoms with Gasteiger partial charge in [-0.2, -0.15) is 0 Å². The highest BCUT2D eigenvalue weighted by molar-refractivity contribution is 7.26. The van der Waals surface area contributed by atoms with Crippen molar-refractivity contribution in [2.75, 3.05) is 4.90 Å². The van der Waals surface area contributed by atoms with Gasteiger partial charge in [0, 0.05) is 44.9 Å². The summed E-state index contributed by atoms with van der Waals surface area (Å²) in [6.07, 6.45) is 4.68. The van der Waals surface area contributed by atoms with Crippen LogP contribution in [-0.2, 0) is 5.41 Å². The van der Waals surface area contributed by atoms with E-state index in [1.807, 2.05) is 0 Å². The summed E-state index contributed by atoms with van der Waals surface area (Å²) in [5.41, 5.74) is 14.8. The normalized spacial score (nSPS) is 16.5. The van der Waals surface area contributed by atoms with E-state index in [4.69, 9.17) is 9.15 Å². The van der Waals surface area contributed by atoms with Crippen LogP contribution in [0.3, 0.4) is 0 Å². The number of hydrogen-bond donors (Lipinski definition) is 0. The summed E-state index contributed by atoms with van der Waals surface area (Å²) in [5.74, 6) is 1.89. The van der Waals surface area contributed by atoms with E-state index in [1.165, 1.54) is 72.6 Å². The number of fused-ring (bicyclic) bond motifs is 8. The largest absolute Gasteiger partial charge is 0.458 e. The molecule has 3 aliphatic heterocycles. The Morgan fingerprint density at radius 3 is 2.15 bits per heavy atom. The van der Waals surface area contributed by atoms with E-state index in [0.717, 1.165) is 57.4 Å². The highest BCUT2D eigenvalue weighted by Crippen LogP contribution is 2.52. The van der Waals surface area contributed by atoms with Gasteiger partial charge in [0.25, 0.3) is 6.71 Å². The lowest BCUT2D eigenvalue weighted by molar-refractivity contribution is 0.487. The molecule has 296 valence electrons. The minimum absolute atomic E-state index is 0.00694. The molecule has 0 amide bonds. The second-order valence-corrected chi connectivity index (χ2v) is 21.9. The summed E-state index contributed by atoms with van der Waals surface area (Å²) in [7, 11) is -2.89. The van der Waals surface area contributed by atoms with Crippen LogP contribution in [0, 0.1) is 0 Å². The molecule has 0 fully saturated rings. The van der Waals surface area contributed by atoms with Gasteiger partial charge < -0.3 is 14.1 Å². The maximum absolute atomic E-state index is 7.27. The summed E-state index contributed by atoms with van der Waals surface area (Å²) in [5, 5.41) is 7.85. The molecule has 0 saturated heterocycles. The van der Waals surface area contributed by atoms with Crippen LogP contribution in [0.15, 0.2) is 198 Å². The summed E-state index contributed by atoms with van der Waals surface area (Å²) in [6.45, 7) is 4.81. The average molecular weight is 814 g/mol. The van der Waals surface area contributed by atoms with Gasteiger partial charge in [-0.15, -0.1) is 0 Å². The van der Waals surface area contributed by atoms with E-state index >= 15 is 0 Å². The zero-order valence-electron chi connectivity index (χ0n) is 35.0. The molecule has 9 aromatic rings. The van der Waals surface area contributed by atoms with Gasteiger partial charge in [-0.05, 0) is 98.3 Å². The fourth-order valence-corrected chi connectivity index (χ4v) is 17.3. The van der Waals surface area contributed by atoms with Crippen molar-refractivity contribution in [3.8, 4) is 22.6 Å². The van der Waals surface area contributed by atoms with Crippen LogP contribution >= 0.6 is 0 Å². The average Bonchev–Trinajstić information content (AvgIpc) is 3.71. The first-order chi connectivity index (χ1) is 30.5. The molecular weight excluding hydrogens is 770 g/mol. The Balaban J connectivity index is 1.07. The molecule has 8 aromatic carbocycles. The van der Waals surface area contributed by atoms with Crippen molar-refractivity contribution in [3.05, 3.63) is 199 Å². The van der Waals surface area contributed by atoms with Crippen molar-refractivity contribution in [3.63, 3.8) is 0 Å². The molecule has 0 N–H and O–H groups in total. The van der Waals surface area contributed by atoms with Crippen LogP contribution in [0.25, 0.3) is 33.1 Å². The standard InChI is InChI=1S/C57H44BNO2Si/c1-57(2)44-24-10-12-26-48(44)59(49-27-13-11-25-45(49)57)38-32-33-46-52(36-38)60-51-29-16-30-54-55(51)58(46)47-35-37(41-22-15-23-43-42-21-9-14-28-50(42)61-56(41)43)31-34-53(47)62(54,39-17-5-3-6-18-39)40-19-7-4-8-20-40/h3-10,12,14-24,26,28-36H,11,13,25,27H2,1-2H3. The van der Waals surface area contributed by atoms with Crippen molar-refractivity contribution in [1.82, 2.24) is 0 Å². The van der Waals surface area contributed by atoms with Crippen molar-refractivity contribution >= 4 is 85.2 Å². The maximum atomic E-state index is 7.27. The summed E-state index contributed by atoms with van der Waals surface area (Å²) in [4.78, 5) is 2.56. The van der Waals surface area contributed by atoms with E-state index in [9.17, 15) is 0 Å². The zero-order valence-corrected chi connectivity index (χ0v) is 36.0. The summed E-state index contributed by atoms with van der Waals surface area (Å²) < 4.78 is 14.0. The number of ether oxygens (including phenoxy) is 1. The van der Waals surface area contributed by atoms with Crippen molar-refractivity contribution in [2.24, 2.45) is 0 Å². The minimum atomic E-state index is -2.89. The van der Waals surface area contributed by atoms with Gasteiger partial charge in [-0.25, -0.2) is 0 Å². The van der Waals surface area contributed by atoms with Gasteiger partial charge in [0.1, 0.15) is 22.7 Å². The third kappa shape index (κ3) is 4.88. The van der Waals surface area contributed by atoms with Gasteiger partial charge in [-0.1, -0.05) is 171 Å². The predicted molar refractivity (Wildman–Crippen MR) is 261 cm³/mol. The number of anilines is 2. The SMILES string of the molecule is CC1(C)C2=C(CCCC2)N(c2ccc3c(c2)Oc2cccc4c2B3c2cc(-c3cccc5c3oc3ccccc35)ccc2[Si]4(c2ccccc2)c2ccccc2)c2ccccc21. The molecule has 3 nitrogen and oxygen atoms in total. The van der Waals surface area contributed by atoms with Crippen LogP contribution in [0.1, 0.15) is 45.1 Å².